The molecule has 0 radical (unpaired) electrons. The van der Waals surface area contributed by atoms with E-state index in [0.717, 1.165) is 24.2 Å². The molecule has 120 valence electrons. The van der Waals surface area contributed by atoms with E-state index < -0.39 is 0 Å². The maximum absolute atomic E-state index is 6.44. The Bertz CT molecular complexity index is 745. The Balaban J connectivity index is 1.99. The van der Waals surface area contributed by atoms with Crippen LogP contribution in [-0.2, 0) is 6.42 Å². The van der Waals surface area contributed by atoms with Gasteiger partial charge < -0.3 is 4.90 Å². The zero-order valence-electron chi connectivity index (χ0n) is 12.1. The van der Waals surface area contributed by atoms with Crippen LogP contribution in [0.1, 0.15) is 17.2 Å². The normalized spacial score (nSPS) is 15.2. The van der Waals surface area contributed by atoms with Crippen LogP contribution in [0, 0.1) is 0 Å². The van der Waals surface area contributed by atoms with Crippen molar-refractivity contribution in [2.75, 3.05) is 13.1 Å². The smallest absolute Gasteiger partial charge is 0.0856 e. The van der Waals surface area contributed by atoms with Crippen molar-refractivity contribution in [3.8, 4) is 0 Å². The first kappa shape index (κ1) is 16.9. The summed E-state index contributed by atoms with van der Waals surface area (Å²) in [6.07, 6.45) is 2.56. The molecular weight excluding hydrogens is 374 g/mol. The Morgan fingerprint density at radius 1 is 1.04 bits per heavy atom. The van der Waals surface area contributed by atoms with Gasteiger partial charge in [0.25, 0.3) is 0 Å². The van der Waals surface area contributed by atoms with Gasteiger partial charge in [-0.2, -0.15) is 0 Å². The lowest BCUT2D eigenvalue weighted by molar-refractivity contribution is 0.349. The number of halogens is 4. The topological polar surface area (TPSA) is 15.6 Å². The Labute approximate surface area is 155 Å². The highest BCUT2D eigenvalue weighted by atomic mass is 35.5. The summed E-state index contributed by atoms with van der Waals surface area (Å²) in [5.74, 6) is 0. The molecule has 1 aliphatic rings. The van der Waals surface area contributed by atoms with Crippen molar-refractivity contribution in [1.82, 2.24) is 4.90 Å². The fourth-order valence-electron chi connectivity index (χ4n) is 2.71. The molecule has 0 amide bonds. The molecule has 3 rings (SSSR count). The summed E-state index contributed by atoms with van der Waals surface area (Å²) in [6, 6.07) is 11.3. The van der Waals surface area contributed by atoms with Crippen molar-refractivity contribution in [1.29, 1.82) is 0 Å². The standard InChI is InChI=1S/C17H14Cl4N2/c18-12-5-4-11(15(20)9-12)8-16(23-7-6-22-10-23)13-2-1-3-14(19)17(13)21/h1-5,9-10,16H,6-8H2. The molecule has 0 fully saturated rings. The Hall–Kier alpha value is -0.930. The molecule has 2 aromatic rings. The van der Waals surface area contributed by atoms with Crippen LogP contribution in [0.2, 0.25) is 20.1 Å². The van der Waals surface area contributed by atoms with Crippen LogP contribution in [0.15, 0.2) is 41.4 Å². The van der Waals surface area contributed by atoms with Gasteiger partial charge in [-0.1, -0.05) is 64.6 Å². The van der Waals surface area contributed by atoms with Crippen molar-refractivity contribution in [2.24, 2.45) is 4.99 Å². The van der Waals surface area contributed by atoms with Crippen molar-refractivity contribution in [3.05, 3.63) is 67.6 Å². The summed E-state index contributed by atoms with van der Waals surface area (Å²) in [5.41, 5.74) is 1.98. The Kier molecular flexibility index (Phi) is 5.38. The van der Waals surface area contributed by atoms with E-state index in [2.05, 4.69) is 9.89 Å². The minimum absolute atomic E-state index is 0.0196. The van der Waals surface area contributed by atoms with E-state index >= 15 is 0 Å². The Morgan fingerprint density at radius 3 is 2.57 bits per heavy atom. The summed E-state index contributed by atoms with van der Waals surface area (Å²) in [6.45, 7) is 1.63. The van der Waals surface area contributed by atoms with Crippen LogP contribution in [-0.4, -0.2) is 24.3 Å². The van der Waals surface area contributed by atoms with E-state index in [-0.39, 0.29) is 6.04 Å². The molecule has 0 aliphatic carbocycles. The summed E-state index contributed by atoms with van der Waals surface area (Å²) >= 11 is 25.0. The van der Waals surface area contributed by atoms with Gasteiger partial charge >= 0.3 is 0 Å². The largest absolute Gasteiger partial charge is 0.354 e. The third-order valence-corrected chi connectivity index (χ3v) is 5.31. The van der Waals surface area contributed by atoms with Gasteiger partial charge in [0.05, 0.1) is 29.0 Å². The molecule has 0 N–H and O–H groups in total. The molecule has 6 heteroatoms. The monoisotopic (exact) mass is 386 g/mol. The first-order valence-electron chi connectivity index (χ1n) is 7.20. The van der Waals surface area contributed by atoms with Gasteiger partial charge in [-0.25, -0.2) is 0 Å². The SMILES string of the molecule is Clc1ccc(CC(c2cccc(Cl)c2Cl)N2C=NCC2)c(Cl)c1. The summed E-state index contributed by atoms with van der Waals surface area (Å²) < 4.78 is 0. The molecule has 2 nitrogen and oxygen atoms in total. The lowest BCUT2D eigenvalue weighted by Crippen LogP contribution is -2.28. The molecule has 1 heterocycles. The molecule has 2 aromatic carbocycles. The molecule has 0 saturated heterocycles. The lowest BCUT2D eigenvalue weighted by Gasteiger charge is -2.28. The van der Waals surface area contributed by atoms with Gasteiger partial charge in [0.2, 0.25) is 0 Å². The van der Waals surface area contributed by atoms with Gasteiger partial charge in [0.1, 0.15) is 0 Å². The average Bonchev–Trinajstić information content (AvgIpc) is 3.04. The molecule has 23 heavy (non-hydrogen) atoms. The molecule has 0 aromatic heterocycles. The van der Waals surface area contributed by atoms with Crippen LogP contribution >= 0.6 is 46.4 Å². The lowest BCUT2D eigenvalue weighted by atomic mass is 9.97. The summed E-state index contributed by atoms with van der Waals surface area (Å²) in [5, 5.41) is 2.40. The first-order chi connectivity index (χ1) is 11.1. The van der Waals surface area contributed by atoms with E-state index in [1.807, 2.05) is 30.6 Å². The van der Waals surface area contributed by atoms with Crippen LogP contribution in [0.3, 0.4) is 0 Å². The van der Waals surface area contributed by atoms with Crippen LogP contribution in [0.5, 0.6) is 0 Å². The number of aliphatic imine (C=N–C) groups is 1. The Morgan fingerprint density at radius 2 is 1.87 bits per heavy atom. The van der Waals surface area contributed by atoms with Crippen LogP contribution in [0.25, 0.3) is 0 Å². The zero-order chi connectivity index (χ0) is 16.4. The highest BCUT2D eigenvalue weighted by Gasteiger charge is 2.24. The van der Waals surface area contributed by atoms with Gasteiger partial charge in [0.15, 0.2) is 0 Å². The minimum Gasteiger partial charge on any atom is -0.354 e. The fourth-order valence-corrected chi connectivity index (χ4v) is 3.63. The fraction of sp³-hybridized carbons (Fsp3) is 0.235. The quantitative estimate of drug-likeness (QED) is 0.634. The van der Waals surface area contributed by atoms with Gasteiger partial charge in [-0.15, -0.1) is 0 Å². The summed E-state index contributed by atoms with van der Waals surface area (Å²) in [4.78, 5) is 6.48. The van der Waals surface area contributed by atoms with Crippen molar-refractivity contribution in [2.45, 2.75) is 12.5 Å². The number of hydrogen-bond donors (Lipinski definition) is 0. The van der Waals surface area contributed by atoms with E-state index in [1.54, 1.807) is 12.1 Å². The average molecular weight is 388 g/mol. The van der Waals surface area contributed by atoms with Crippen molar-refractivity contribution >= 4 is 52.7 Å². The molecule has 0 saturated carbocycles. The molecule has 1 atom stereocenters. The minimum atomic E-state index is 0.0196. The molecule has 1 aliphatic heterocycles. The van der Waals surface area contributed by atoms with Gasteiger partial charge in [-0.3, -0.25) is 4.99 Å². The van der Waals surface area contributed by atoms with E-state index in [4.69, 9.17) is 46.4 Å². The summed E-state index contributed by atoms with van der Waals surface area (Å²) in [7, 11) is 0. The van der Waals surface area contributed by atoms with Crippen LogP contribution in [0.4, 0.5) is 0 Å². The molecular formula is C17H14Cl4N2. The third-order valence-electron chi connectivity index (χ3n) is 3.89. The number of benzene rings is 2. The predicted molar refractivity (Wildman–Crippen MR) is 99.4 cm³/mol. The third kappa shape index (κ3) is 3.77. The molecule has 0 spiro atoms. The van der Waals surface area contributed by atoms with Gasteiger partial charge in [-0.05, 0) is 35.7 Å². The predicted octanol–water partition coefficient (Wildman–Crippen LogP) is 5.93. The second kappa shape index (κ2) is 7.31. The maximum Gasteiger partial charge on any atom is 0.0856 e. The van der Waals surface area contributed by atoms with Crippen molar-refractivity contribution < 1.29 is 0 Å². The van der Waals surface area contributed by atoms with E-state index in [0.29, 0.717) is 26.5 Å². The highest BCUT2D eigenvalue weighted by Crippen LogP contribution is 2.36. The highest BCUT2D eigenvalue weighted by molar-refractivity contribution is 6.42. The number of rotatable bonds is 4. The zero-order valence-corrected chi connectivity index (χ0v) is 15.2. The molecule has 1 unspecified atom stereocenters. The van der Waals surface area contributed by atoms with E-state index in [9.17, 15) is 0 Å². The first-order valence-corrected chi connectivity index (χ1v) is 8.71. The van der Waals surface area contributed by atoms with Gasteiger partial charge in [0, 0.05) is 16.6 Å². The van der Waals surface area contributed by atoms with Crippen molar-refractivity contribution in [3.63, 3.8) is 0 Å². The van der Waals surface area contributed by atoms with Crippen LogP contribution < -0.4 is 0 Å². The number of nitrogens with zero attached hydrogens (tertiary/aromatic N) is 2. The second-order valence-electron chi connectivity index (χ2n) is 5.36. The second-order valence-corrected chi connectivity index (χ2v) is 6.99. The maximum atomic E-state index is 6.44. The van der Waals surface area contributed by atoms with E-state index in [1.165, 1.54) is 0 Å². The molecule has 0 bridgehead atoms. The number of hydrogen-bond acceptors (Lipinski definition) is 2.